The number of likely N-dealkylation sites (N-methyl/N-ethyl adjacent to an activating group) is 2. The maximum Gasteiger partial charge on any atom is 0.411 e. The van der Waals surface area contributed by atoms with E-state index in [4.69, 9.17) is 19.4 Å². The molecule has 6 bridgehead atoms. The van der Waals surface area contributed by atoms with Crippen LogP contribution in [-0.2, 0) is 48.0 Å². The number of benzene rings is 1. The number of ether oxygens (including phenoxy) is 2. The van der Waals surface area contributed by atoms with Gasteiger partial charge in [-0.25, -0.2) is 14.6 Å². The lowest BCUT2D eigenvalue weighted by Gasteiger charge is -2.43. The molecule has 4 atom stereocenters. The van der Waals surface area contributed by atoms with E-state index in [0.717, 1.165) is 44.7 Å². The Morgan fingerprint density at radius 1 is 1.12 bits per heavy atom. The highest BCUT2D eigenvalue weighted by Crippen LogP contribution is 2.42. The molecule has 16 nitrogen and oxygen atoms in total. The van der Waals surface area contributed by atoms with Crippen LogP contribution in [0, 0.1) is 23.2 Å². The van der Waals surface area contributed by atoms with Gasteiger partial charge in [0.25, 0.3) is 5.91 Å². The van der Waals surface area contributed by atoms with Crippen LogP contribution in [-0.4, -0.2) is 129 Å². The van der Waals surface area contributed by atoms with Crippen molar-refractivity contribution in [1.29, 1.82) is 0 Å². The summed E-state index contributed by atoms with van der Waals surface area (Å²) in [6.45, 7) is 22.8. The molecule has 17 heteroatoms. The summed E-state index contributed by atoms with van der Waals surface area (Å²) in [5, 5.41) is 8.35. The number of carbonyl (C=O) groups excluding carboxylic acids is 5. The molecule has 0 radical (unpaired) electrons. The number of amides is 5. The number of methoxy groups -OCH3 is 1. The maximum atomic E-state index is 15.4. The molecule has 2 fully saturated rings. The maximum absolute atomic E-state index is 15.4. The topological polar surface area (TPSA) is 171 Å². The lowest BCUT2D eigenvalue weighted by Crippen LogP contribution is -2.66. The Balaban J connectivity index is 1.28. The number of rotatable bonds is 12. The molecular formula is C55H74N9O7S+. The Morgan fingerprint density at radius 2 is 1.86 bits per heavy atom. The molecule has 7 rings (SSSR count). The first-order chi connectivity index (χ1) is 34.2. The van der Waals surface area contributed by atoms with Gasteiger partial charge >= 0.3 is 17.9 Å². The number of urea groups is 1. The van der Waals surface area contributed by atoms with Gasteiger partial charge in [-0.2, -0.15) is 4.58 Å². The zero-order valence-electron chi connectivity index (χ0n) is 44.0. The van der Waals surface area contributed by atoms with Crippen LogP contribution >= 0.6 is 11.3 Å². The van der Waals surface area contributed by atoms with Crippen LogP contribution in [0.1, 0.15) is 103 Å². The van der Waals surface area contributed by atoms with E-state index in [2.05, 4.69) is 73.5 Å². The van der Waals surface area contributed by atoms with Crippen molar-refractivity contribution in [2.45, 2.75) is 124 Å². The molecule has 2 N–H and O–H groups in total. The van der Waals surface area contributed by atoms with Gasteiger partial charge < -0.3 is 29.2 Å². The number of aromatic nitrogens is 3. The molecule has 0 spiro atoms. The Bertz CT molecular complexity index is 2770. The molecule has 1 saturated heterocycles. The van der Waals surface area contributed by atoms with Crippen LogP contribution < -0.4 is 10.7 Å². The quantitative estimate of drug-likeness (QED) is 0.0615. The lowest BCUT2D eigenvalue weighted by molar-refractivity contribution is -0.411. The molecule has 4 aromatic rings. The number of nitrogens with one attached hydrogen (secondary N) is 2. The number of carbonyl (C=O) groups is 5. The molecule has 5 amide bonds. The fourth-order valence-electron chi connectivity index (χ4n) is 10.6. The zero-order valence-corrected chi connectivity index (χ0v) is 44.9. The molecular weight excluding hydrogens is 931 g/mol. The van der Waals surface area contributed by atoms with Crippen molar-refractivity contribution >= 4 is 58.2 Å². The standard InChI is InChI=1S/C55H73N9O7S/c1-14-46(65)60(10)30-36-25-38(26-36)61(11)53(69)62(12)48(33(4)5)50(66)58-55(15-2)29-45-57-43(31-72-45)37-21-22-44-41(27-37)42(49(63(44)16-3)40-19-17-23-56-47(40)35(7)70-13)28-54(8,9)32-71-51(67)39-20-18-24-64(52(55)68)59-34(39)6/h14,17,19,21-23,27,30-31,33,35-36,38-39,48,59H,1,6,15-16,18,20,24-26,28-29,32H2,2-5,7-13H3/p+1/b60-30+/t35-,36?,38?,39+,48-,55?/m0/s1. The van der Waals surface area contributed by atoms with Gasteiger partial charge in [-0.1, -0.05) is 53.8 Å². The average Bonchev–Trinajstić information content (AvgIpc) is 3.87. The van der Waals surface area contributed by atoms with Gasteiger partial charge in [-0.15, -0.1) is 11.3 Å². The molecule has 1 aliphatic carbocycles. The molecule has 386 valence electrons. The number of aryl methyl sites for hydroxylation is 1. The largest absolute Gasteiger partial charge is 0.465 e. The average molecular weight is 1010 g/mol. The first-order valence-corrected chi connectivity index (χ1v) is 26.1. The van der Waals surface area contributed by atoms with Crippen LogP contribution in [0.2, 0.25) is 0 Å². The molecule has 3 aliphatic rings. The van der Waals surface area contributed by atoms with E-state index in [0.29, 0.717) is 49.4 Å². The van der Waals surface area contributed by atoms with E-state index in [-0.39, 0.29) is 61.9 Å². The van der Waals surface area contributed by atoms with Crippen LogP contribution in [0.5, 0.6) is 0 Å². The predicted octanol–water partition coefficient (Wildman–Crippen LogP) is 7.96. The second-order valence-corrected chi connectivity index (χ2v) is 21.9. The summed E-state index contributed by atoms with van der Waals surface area (Å²) in [6, 6.07) is 9.05. The second kappa shape index (κ2) is 21.9. The number of hydrogen-bond acceptors (Lipinski definition) is 11. The summed E-state index contributed by atoms with van der Waals surface area (Å²) >= 11 is 1.42. The van der Waals surface area contributed by atoms with Gasteiger partial charge in [-0.05, 0) is 88.1 Å². The third-order valence-corrected chi connectivity index (χ3v) is 15.8. The Labute approximate surface area is 428 Å². The molecule has 5 heterocycles. The zero-order chi connectivity index (χ0) is 52.4. The number of pyridine rings is 1. The lowest BCUT2D eigenvalue weighted by atomic mass is 9.80. The highest BCUT2D eigenvalue weighted by Gasteiger charge is 2.47. The normalized spacial score (nSPS) is 22.4. The van der Waals surface area contributed by atoms with Crippen molar-refractivity contribution < 1.29 is 38.0 Å². The number of hydrazine groups is 1. The summed E-state index contributed by atoms with van der Waals surface area (Å²) < 4.78 is 15.9. The van der Waals surface area contributed by atoms with Crippen molar-refractivity contribution in [1.82, 2.24) is 40.1 Å². The highest BCUT2D eigenvalue weighted by atomic mass is 32.1. The monoisotopic (exact) mass is 1000 g/mol. The van der Waals surface area contributed by atoms with Gasteiger partial charge in [0.1, 0.15) is 18.6 Å². The summed E-state index contributed by atoms with van der Waals surface area (Å²) in [4.78, 5) is 83.9. The number of esters is 1. The minimum absolute atomic E-state index is 0.0551. The minimum Gasteiger partial charge on any atom is -0.465 e. The highest BCUT2D eigenvalue weighted by molar-refractivity contribution is 7.10. The van der Waals surface area contributed by atoms with Crippen LogP contribution in [0.15, 0.2) is 66.8 Å². The van der Waals surface area contributed by atoms with Gasteiger partial charge in [0.05, 0.1) is 40.7 Å². The van der Waals surface area contributed by atoms with Crippen LogP contribution in [0.4, 0.5) is 4.79 Å². The fraction of sp³-hybridized carbons (Fsp3) is 0.527. The summed E-state index contributed by atoms with van der Waals surface area (Å²) in [7, 11) is 6.73. The van der Waals surface area contributed by atoms with E-state index in [9.17, 15) is 19.2 Å². The first-order valence-electron chi connectivity index (χ1n) is 25.3. The number of hydrogen-bond donors (Lipinski definition) is 2. The molecule has 1 saturated carbocycles. The summed E-state index contributed by atoms with van der Waals surface area (Å²) in [5.41, 5.74) is 8.01. The van der Waals surface area contributed by atoms with Gasteiger partial charge in [0, 0.05) is 103 Å². The van der Waals surface area contributed by atoms with E-state index < -0.39 is 40.7 Å². The summed E-state index contributed by atoms with van der Waals surface area (Å²) in [5.74, 6) is -2.48. The van der Waals surface area contributed by atoms with Gasteiger partial charge in [-0.3, -0.25) is 29.8 Å². The summed E-state index contributed by atoms with van der Waals surface area (Å²) in [6.07, 6.45) is 7.63. The number of cyclic esters (lactones) is 1. The third-order valence-electron chi connectivity index (χ3n) is 14.9. The Hall–Kier alpha value is -6.20. The van der Waals surface area contributed by atoms with E-state index in [1.54, 1.807) is 39.3 Å². The van der Waals surface area contributed by atoms with Crippen LogP contribution in [0.3, 0.4) is 0 Å². The third kappa shape index (κ3) is 10.8. The van der Waals surface area contributed by atoms with Crippen LogP contribution in [0.25, 0.3) is 33.4 Å². The molecule has 1 aromatic carbocycles. The number of nitrogens with zero attached hydrogens (tertiary/aromatic N) is 7. The second-order valence-electron chi connectivity index (χ2n) is 21.0. The van der Waals surface area contributed by atoms with Crippen molar-refractivity contribution in [2.24, 2.45) is 23.2 Å². The van der Waals surface area contributed by atoms with E-state index in [1.807, 2.05) is 45.4 Å². The number of fused-ring (bicyclic) bond motifs is 7. The molecule has 72 heavy (non-hydrogen) atoms. The predicted molar refractivity (Wildman–Crippen MR) is 281 cm³/mol. The smallest absolute Gasteiger partial charge is 0.411 e. The fourth-order valence-corrected chi connectivity index (χ4v) is 11.6. The van der Waals surface area contributed by atoms with Crippen molar-refractivity contribution in [3.05, 3.63) is 83.1 Å². The van der Waals surface area contributed by atoms with Gasteiger partial charge in [0.15, 0.2) is 6.21 Å². The van der Waals surface area contributed by atoms with Crippen molar-refractivity contribution in [3.63, 3.8) is 0 Å². The molecule has 3 aromatic heterocycles. The SMILES string of the molecule is C=CC(=O)/[N+](C)=C/C1CC(N(C)C(=O)N(C)[C@H](C(=O)NC2(CC)Cc3nc(cs3)-c3ccc4c(c3)c(c(-c3cccnc3[C@H](C)OC)n4CC)CC(C)(C)COC(=O)[C@@H]3CCCN(NC3=C)C2=O)C(C)C)C1. The Morgan fingerprint density at radius 3 is 2.53 bits per heavy atom. The molecule has 1 unspecified atom stereocenters. The molecule has 2 aliphatic heterocycles. The number of thiazole rings is 1. The van der Waals surface area contributed by atoms with E-state index in [1.165, 1.54) is 31.9 Å². The van der Waals surface area contributed by atoms with Gasteiger partial charge in [0.2, 0.25) is 5.91 Å². The Kier molecular flexibility index (Phi) is 16.3. The van der Waals surface area contributed by atoms with Crippen molar-refractivity contribution in [2.75, 3.05) is 41.4 Å². The first kappa shape index (κ1) is 53.6. The van der Waals surface area contributed by atoms with Crippen molar-refractivity contribution in [3.8, 4) is 22.5 Å². The minimum atomic E-state index is -1.53. The van der Waals surface area contributed by atoms with E-state index >= 15 is 4.79 Å².